The summed E-state index contributed by atoms with van der Waals surface area (Å²) in [6.07, 6.45) is -51.4. The Morgan fingerprint density at radius 2 is 0.792 bits per heavy atom. The number of nitrogens with one attached hydrogen (secondary N) is 2. The Balaban J connectivity index is 1.26. The molecule has 6 fully saturated rings. The molecule has 32 nitrogen and oxygen atoms in total. The van der Waals surface area contributed by atoms with Gasteiger partial charge in [0.1, 0.15) is 140 Å². The van der Waals surface area contributed by atoms with Crippen molar-refractivity contribution in [2.45, 2.75) is 205 Å². The molecule has 2 amide bonds. The van der Waals surface area contributed by atoms with Gasteiger partial charge < -0.3 is 150 Å². The third-order valence-corrected chi connectivity index (χ3v) is 13.2. The molecule has 418 valence electrons. The minimum absolute atomic E-state index is 0.728. The van der Waals surface area contributed by atoms with Gasteiger partial charge in [-0.3, -0.25) is 9.59 Å². The lowest BCUT2D eigenvalue weighted by molar-refractivity contribution is -0.384. The van der Waals surface area contributed by atoms with Gasteiger partial charge in [-0.15, -0.1) is 0 Å². The number of carbonyl (C=O) groups excluding carboxylic acids is 2. The molecule has 6 heterocycles. The average molecular weight is 1060 g/mol. The fourth-order valence-electron chi connectivity index (χ4n) is 9.06. The Morgan fingerprint density at radius 1 is 0.389 bits per heavy atom. The standard InChI is InChI=1S/C40H68N2O30/c1-9-19(48)25(54)28(57)37(64-9)63-8-16-33(23(52)17(35(61)65-16)41-10(2)46)70-36-18(42-11(3)47)24(53)32(14(6-45)68-36)71-40-31(60)34(72-39-30(59)27(56)21(50)13(5-44)67-39)22(51)15(69-40)7-62-38-29(58)26(55)20(49)12(4-43)66-38/h9,12-40,43-45,48-61H,4-8H2,1-3H3,(H,41,46)(H,42,47)/t9?,12?,13?,14?,15?,16?,17?,18?,19-,20-,21-,22-,23-,24-,25?,26+,27+,28?,29?,30?,31?,32-,33-,34+,35?,36+,37-,38+,39-,40+/m1/s1. The van der Waals surface area contributed by atoms with E-state index in [1.165, 1.54) is 6.92 Å². The highest BCUT2D eigenvalue weighted by Crippen LogP contribution is 2.36. The van der Waals surface area contributed by atoms with E-state index in [9.17, 15) is 96.4 Å². The summed E-state index contributed by atoms with van der Waals surface area (Å²) in [7, 11) is 0. The molecule has 0 aromatic rings. The Kier molecular flexibility index (Phi) is 20.8. The van der Waals surface area contributed by atoms with Crippen LogP contribution in [-0.2, 0) is 61.7 Å². The highest BCUT2D eigenvalue weighted by Gasteiger charge is 2.57. The summed E-state index contributed by atoms with van der Waals surface area (Å²) in [6, 6.07) is -3.40. The fourth-order valence-corrected chi connectivity index (χ4v) is 9.06. The lowest BCUT2D eigenvalue weighted by Crippen LogP contribution is -2.70. The lowest BCUT2D eigenvalue weighted by atomic mass is 9.94. The van der Waals surface area contributed by atoms with Crippen LogP contribution in [0.2, 0.25) is 0 Å². The highest BCUT2D eigenvalue weighted by molar-refractivity contribution is 5.73. The van der Waals surface area contributed by atoms with Gasteiger partial charge >= 0.3 is 0 Å². The molecular formula is C40H68N2O30. The van der Waals surface area contributed by atoms with Crippen LogP contribution >= 0.6 is 0 Å². The maximum atomic E-state index is 12.7. The minimum Gasteiger partial charge on any atom is -0.394 e. The van der Waals surface area contributed by atoms with Crippen LogP contribution in [0, 0.1) is 0 Å². The van der Waals surface area contributed by atoms with Gasteiger partial charge in [0.25, 0.3) is 0 Å². The summed E-state index contributed by atoms with van der Waals surface area (Å²) in [5.41, 5.74) is 0. The second-order valence-electron chi connectivity index (χ2n) is 18.3. The number of amides is 2. The molecule has 0 spiro atoms. The van der Waals surface area contributed by atoms with Gasteiger partial charge in [0.15, 0.2) is 37.7 Å². The van der Waals surface area contributed by atoms with E-state index in [4.69, 9.17) is 52.1 Å². The first-order valence-corrected chi connectivity index (χ1v) is 23.0. The zero-order valence-electron chi connectivity index (χ0n) is 38.8. The van der Waals surface area contributed by atoms with E-state index >= 15 is 0 Å². The van der Waals surface area contributed by atoms with Crippen LogP contribution in [0.1, 0.15) is 20.8 Å². The normalized spacial score (nSPS) is 50.3. The van der Waals surface area contributed by atoms with Crippen LogP contribution in [0.4, 0.5) is 0 Å². The molecule has 19 N–H and O–H groups in total. The van der Waals surface area contributed by atoms with Gasteiger partial charge in [-0.1, -0.05) is 0 Å². The highest BCUT2D eigenvalue weighted by atomic mass is 16.8. The quantitative estimate of drug-likeness (QED) is 0.0643. The summed E-state index contributed by atoms with van der Waals surface area (Å²) in [6.45, 7) is -1.00. The van der Waals surface area contributed by atoms with Crippen molar-refractivity contribution in [2.75, 3.05) is 33.0 Å². The number of aliphatic hydroxyl groups excluding tert-OH is 17. The third kappa shape index (κ3) is 12.8. The van der Waals surface area contributed by atoms with E-state index in [1.54, 1.807) is 0 Å². The van der Waals surface area contributed by atoms with Crippen molar-refractivity contribution in [3.05, 3.63) is 0 Å². The molecule has 30 atom stereocenters. The molecule has 6 rings (SSSR count). The van der Waals surface area contributed by atoms with Gasteiger partial charge in [0.05, 0.1) is 39.1 Å². The second-order valence-corrected chi connectivity index (χ2v) is 18.3. The molecule has 6 saturated heterocycles. The van der Waals surface area contributed by atoms with Crippen molar-refractivity contribution in [1.82, 2.24) is 10.6 Å². The predicted molar refractivity (Wildman–Crippen MR) is 221 cm³/mol. The molecule has 0 aromatic carbocycles. The lowest BCUT2D eigenvalue weighted by Gasteiger charge is -2.50. The predicted octanol–water partition coefficient (Wildman–Crippen LogP) is -12.8. The molecule has 0 bridgehead atoms. The number of hydrogen-bond acceptors (Lipinski definition) is 30. The second kappa shape index (κ2) is 25.3. The summed E-state index contributed by atoms with van der Waals surface area (Å²) in [5.74, 6) is -1.60. The van der Waals surface area contributed by atoms with Gasteiger partial charge in [-0.25, -0.2) is 0 Å². The van der Waals surface area contributed by atoms with Gasteiger partial charge in [-0.2, -0.15) is 0 Å². The molecule has 14 unspecified atom stereocenters. The number of hydrogen-bond donors (Lipinski definition) is 19. The van der Waals surface area contributed by atoms with Crippen LogP contribution in [0.5, 0.6) is 0 Å². The largest absolute Gasteiger partial charge is 0.394 e. The van der Waals surface area contributed by atoms with Gasteiger partial charge in [-0.05, 0) is 6.92 Å². The first-order valence-electron chi connectivity index (χ1n) is 23.0. The minimum atomic E-state index is -2.23. The van der Waals surface area contributed by atoms with Crippen LogP contribution in [0.25, 0.3) is 0 Å². The van der Waals surface area contributed by atoms with Crippen molar-refractivity contribution < 1.29 is 149 Å². The monoisotopic (exact) mass is 1060 g/mol. The number of rotatable bonds is 17. The topological polar surface area (TPSA) is 504 Å². The first-order chi connectivity index (χ1) is 33.9. The van der Waals surface area contributed by atoms with Gasteiger partial charge in [0.2, 0.25) is 11.8 Å². The average Bonchev–Trinajstić information content (AvgIpc) is 3.34. The summed E-state index contributed by atoms with van der Waals surface area (Å²) < 4.78 is 62.8. The van der Waals surface area contributed by atoms with E-state index < -0.39 is 229 Å². The van der Waals surface area contributed by atoms with Crippen LogP contribution in [0.3, 0.4) is 0 Å². The number of ether oxygens (including phenoxy) is 11. The third-order valence-electron chi connectivity index (χ3n) is 13.2. The number of carbonyl (C=O) groups is 2. The summed E-state index contributed by atoms with van der Waals surface area (Å²) in [5, 5.41) is 186. The van der Waals surface area contributed by atoms with Crippen molar-refractivity contribution in [3.8, 4) is 0 Å². The van der Waals surface area contributed by atoms with Crippen LogP contribution < -0.4 is 10.6 Å². The molecule has 0 radical (unpaired) electrons. The van der Waals surface area contributed by atoms with E-state index in [1.807, 2.05) is 0 Å². The van der Waals surface area contributed by atoms with E-state index in [0.717, 1.165) is 13.8 Å². The zero-order chi connectivity index (χ0) is 53.2. The molecular weight excluding hydrogens is 988 g/mol. The fraction of sp³-hybridized carbons (Fsp3) is 0.950. The maximum absolute atomic E-state index is 12.7. The van der Waals surface area contributed by atoms with Crippen LogP contribution in [0.15, 0.2) is 0 Å². The van der Waals surface area contributed by atoms with Crippen molar-refractivity contribution in [2.24, 2.45) is 0 Å². The van der Waals surface area contributed by atoms with E-state index in [0.29, 0.717) is 0 Å². The van der Waals surface area contributed by atoms with Crippen molar-refractivity contribution in [3.63, 3.8) is 0 Å². The molecule has 0 aliphatic carbocycles. The van der Waals surface area contributed by atoms with Gasteiger partial charge in [0, 0.05) is 13.8 Å². The van der Waals surface area contributed by atoms with E-state index in [-0.39, 0.29) is 0 Å². The molecule has 72 heavy (non-hydrogen) atoms. The van der Waals surface area contributed by atoms with Crippen molar-refractivity contribution in [1.29, 1.82) is 0 Å². The molecule has 0 saturated carbocycles. The van der Waals surface area contributed by atoms with E-state index in [2.05, 4.69) is 10.6 Å². The first kappa shape index (κ1) is 59.1. The zero-order valence-corrected chi connectivity index (χ0v) is 38.8. The van der Waals surface area contributed by atoms with Crippen molar-refractivity contribution >= 4 is 11.8 Å². The Hall–Kier alpha value is -2.18. The molecule has 0 aromatic heterocycles. The summed E-state index contributed by atoms with van der Waals surface area (Å²) >= 11 is 0. The SMILES string of the molecule is CC(=O)NC1C(O)OC(CO[C@@H]2OC(C)[C@@H](O)C(O)C2O)[C@@H](O[C@@H]2OC(CO)[C@@H](O[C@@H]3OC(CO[C@H]4OC(CO)[C@@H](O)[C@H](O)C4O)[C@@H](O)[C@H](O[C@H]4OC(CO)[C@@H](O)[C@H](O)C4O)C3O)[C@H](O)C2NC(C)=O)[C@@H]1O. The molecule has 6 aliphatic heterocycles. The van der Waals surface area contributed by atoms with Crippen LogP contribution in [-0.4, -0.2) is 316 Å². The Labute approximate surface area is 408 Å². The number of aliphatic hydroxyl groups is 17. The summed E-state index contributed by atoms with van der Waals surface area (Å²) in [4.78, 5) is 24.8. The smallest absolute Gasteiger partial charge is 0.217 e. The Bertz CT molecular complexity index is 1730. The Morgan fingerprint density at radius 3 is 1.35 bits per heavy atom. The molecule has 6 aliphatic rings. The maximum Gasteiger partial charge on any atom is 0.217 e. The molecule has 32 heteroatoms.